The second-order valence-corrected chi connectivity index (χ2v) is 4.03. The van der Waals surface area contributed by atoms with Crippen molar-refractivity contribution in [2.75, 3.05) is 6.61 Å². The zero-order chi connectivity index (χ0) is 12.3. The van der Waals surface area contributed by atoms with Crippen molar-refractivity contribution in [2.45, 2.75) is 18.9 Å². The van der Waals surface area contributed by atoms with Crippen LogP contribution in [0.1, 0.15) is 22.3 Å². The van der Waals surface area contributed by atoms with Crippen molar-refractivity contribution in [3.63, 3.8) is 0 Å². The maximum Gasteiger partial charge on any atom is 0.282 e. The van der Waals surface area contributed by atoms with Crippen LogP contribution in [0.5, 0.6) is 0 Å². The average molecular weight is 233 g/mol. The zero-order valence-corrected chi connectivity index (χ0v) is 9.43. The molecule has 5 nitrogen and oxygen atoms in total. The molecule has 17 heavy (non-hydrogen) atoms. The van der Waals surface area contributed by atoms with Gasteiger partial charge in [0.15, 0.2) is 0 Å². The Kier molecular flexibility index (Phi) is 3.27. The molecule has 2 rings (SSSR count). The van der Waals surface area contributed by atoms with E-state index in [-0.39, 0.29) is 12.1 Å². The van der Waals surface area contributed by atoms with Crippen LogP contribution in [0, 0.1) is 0 Å². The van der Waals surface area contributed by atoms with Gasteiger partial charge in [0.1, 0.15) is 6.61 Å². The third-order valence-corrected chi connectivity index (χ3v) is 2.74. The number of benzene rings is 1. The summed E-state index contributed by atoms with van der Waals surface area (Å²) in [5, 5.41) is 0. The Bertz CT molecular complexity index is 440. The van der Waals surface area contributed by atoms with Gasteiger partial charge >= 0.3 is 0 Å². The Hall–Kier alpha value is -2.04. The van der Waals surface area contributed by atoms with Gasteiger partial charge in [-0.3, -0.25) is 4.79 Å². The van der Waals surface area contributed by atoms with E-state index >= 15 is 0 Å². The predicted molar refractivity (Wildman–Crippen MR) is 64.6 cm³/mol. The summed E-state index contributed by atoms with van der Waals surface area (Å²) in [5.74, 6) is -0.405. The molecule has 1 aliphatic heterocycles. The molecule has 0 bridgehead atoms. The van der Waals surface area contributed by atoms with E-state index in [0.29, 0.717) is 12.2 Å². The van der Waals surface area contributed by atoms with E-state index in [1.807, 2.05) is 12.1 Å². The molecule has 1 unspecified atom stereocenters. The second-order valence-electron chi connectivity index (χ2n) is 4.03. The highest BCUT2D eigenvalue weighted by atomic mass is 16.5. The van der Waals surface area contributed by atoms with Gasteiger partial charge in [0, 0.05) is 5.56 Å². The van der Waals surface area contributed by atoms with Crippen molar-refractivity contribution >= 4 is 11.9 Å². The SMILES string of the molecule is NC(=O)c1ccc(CCC2COC(N)=N2)cc1. The van der Waals surface area contributed by atoms with Crippen molar-refractivity contribution in [2.24, 2.45) is 16.5 Å². The molecule has 1 heterocycles. The minimum absolute atomic E-state index is 0.144. The molecule has 1 atom stereocenters. The second kappa shape index (κ2) is 4.86. The molecule has 1 aromatic rings. The van der Waals surface area contributed by atoms with Crippen molar-refractivity contribution in [1.82, 2.24) is 0 Å². The van der Waals surface area contributed by atoms with Crippen LogP contribution in [-0.4, -0.2) is 24.6 Å². The topological polar surface area (TPSA) is 90.7 Å². The highest BCUT2D eigenvalue weighted by Gasteiger charge is 2.16. The molecule has 1 aromatic carbocycles. The molecule has 0 aromatic heterocycles. The van der Waals surface area contributed by atoms with Crippen molar-refractivity contribution in [3.05, 3.63) is 35.4 Å². The first-order valence-corrected chi connectivity index (χ1v) is 5.50. The number of nitrogens with zero attached hydrogens (tertiary/aromatic N) is 1. The fraction of sp³-hybridized carbons (Fsp3) is 0.333. The van der Waals surface area contributed by atoms with E-state index in [0.717, 1.165) is 18.4 Å². The summed E-state index contributed by atoms with van der Waals surface area (Å²) in [4.78, 5) is 15.0. The van der Waals surface area contributed by atoms with Crippen LogP contribution in [0.25, 0.3) is 0 Å². The van der Waals surface area contributed by atoms with Crippen LogP contribution in [0.3, 0.4) is 0 Å². The fourth-order valence-corrected chi connectivity index (χ4v) is 1.75. The molecular formula is C12H15N3O2. The first-order chi connectivity index (χ1) is 8.15. The highest BCUT2D eigenvalue weighted by molar-refractivity contribution is 5.92. The number of hydrogen-bond acceptors (Lipinski definition) is 4. The minimum atomic E-state index is -0.405. The quantitative estimate of drug-likeness (QED) is 0.790. The average Bonchev–Trinajstić information content (AvgIpc) is 2.73. The molecule has 1 amide bonds. The maximum atomic E-state index is 10.9. The number of carbonyl (C=O) groups excluding carboxylic acids is 1. The standard InChI is InChI=1S/C12H15N3O2/c13-11(16)9-4-1-8(2-5-9)3-6-10-7-17-12(14)15-10/h1-2,4-5,10H,3,6-7H2,(H2,13,16)(H2,14,15). The van der Waals surface area contributed by atoms with Crippen LogP contribution >= 0.6 is 0 Å². The largest absolute Gasteiger partial charge is 0.463 e. The third-order valence-electron chi connectivity index (χ3n) is 2.74. The van der Waals surface area contributed by atoms with Gasteiger partial charge in [0.2, 0.25) is 5.91 Å². The summed E-state index contributed by atoms with van der Waals surface area (Å²) in [6.45, 7) is 0.561. The normalized spacial score (nSPS) is 18.6. The lowest BCUT2D eigenvalue weighted by Gasteiger charge is -2.05. The number of ether oxygens (including phenoxy) is 1. The number of hydrogen-bond donors (Lipinski definition) is 2. The van der Waals surface area contributed by atoms with Gasteiger partial charge < -0.3 is 16.2 Å². The van der Waals surface area contributed by atoms with Crippen LogP contribution in [0.2, 0.25) is 0 Å². The van der Waals surface area contributed by atoms with E-state index in [1.165, 1.54) is 0 Å². The van der Waals surface area contributed by atoms with E-state index in [1.54, 1.807) is 12.1 Å². The lowest BCUT2D eigenvalue weighted by Crippen LogP contribution is -2.11. The molecule has 0 radical (unpaired) electrons. The first kappa shape index (κ1) is 11.4. The van der Waals surface area contributed by atoms with Crippen LogP contribution in [0.15, 0.2) is 29.3 Å². The van der Waals surface area contributed by atoms with Gasteiger partial charge in [-0.05, 0) is 30.5 Å². The summed E-state index contributed by atoms with van der Waals surface area (Å²) >= 11 is 0. The lowest BCUT2D eigenvalue weighted by atomic mass is 10.0. The molecule has 90 valence electrons. The van der Waals surface area contributed by atoms with Gasteiger partial charge in [-0.25, -0.2) is 4.99 Å². The zero-order valence-electron chi connectivity index (χ0n) is 9.43. The third kappa shape index (κ3) is 2.96. The Morgan fingerprint density at radius 3 is 2.65 bits per heavy atom. The lowest BCUT2D eigenvalue weighted by molar-refractivity contribution is 0.100. The number of aryl methyl sites for hydroxylation is 1. The van der Waals surface area contributed by atoms with Crippen LogP contribution in [0.4, 0.5) is 0 Å². The van der Waals surface area contributed by atoms with Gasteiger partial charge in [0.05, 0.1) is 6.04 Å². The molecule has 0 fully saturated rings. The fourth-order valence-electron chi connectivity index (χ4n) is 1.75. The van der Waals surface area contributed by atoms with Crippen LogP contribution < -0.4 is 11.5 Å². The van der Waals surface area contributed by atoms with Gasteiger partial charge in [-0.15, -0.1) is 0 Å². The number of aliphatic imine (C=N–C) groups is 1. The smallest absolute Gasteiger partial charge is 0.282 e. The molecule has 0 spiro atoms. The molecule has 1 aliphatic rings. The summed E-state index contributed by atoms with van der Waals surface area (Å²) < 4.78 is 5.07. The van der Waals surface area contributed by atoms with Crippen molar-refractivity contribution < 1.29 is 9.53 Å². The summed E-state index contributed by atoms with van der Waals surface area (Å²) in [7, 11) is 0. The summed E-state index contributed by atoms with van der Waals surface area (Å²) in [6, 6.07) is 7.71. The Labute approximate surface area is 99.5 Å². The number of primary amides is 1. The molecule has 0 saturated carbocycles. The number of nitrogens with two attached hydrogens (primary N) is 2. The van der Waals surface area contributed by atoms with Gasteiger partial charge in [0.25, 0.3) is 6.02 Å². The molecule has 0 saturated heterocycles. The molecular weight excluding hydrogens is 218 g/mol. The van der Waals surface area contributed by atoms with E-state index < -0.39 is 5.91 Å². The van der Waals surface area contributed by atoms with Gasteiger partial charge in [-0.1, -0.05) is 12.1 Å². The van der Waals surface area contributed by atoms with E-state index in [4.69, 9.17) is 16.2 Å². The van der Waals surface area contributed by atoms with Crippen LogP contribution in [-0.2, 0) is 11.2 Å². The molecule has 5 heteroatoms. The van der Waals surface area contributed by atoms with E-state index in [9.17, 15) is 4.79 Å². The number of amides is 1. The summed E-state index contributed by atoms with van der Waals surface area (Å²) in [5.41, 5.74) is 12.3. The van der Waals surface area contributed by atoms with Gasteiger partial charge in [-0.2, -0.15) is 0 Å². The maximum absolute atomic E-state index is 10.9. The number of carbonyl (C=O) groups is 1. The Morgan fingerprint density at radius 1 is 1.41 bits per heavy atom. The van der Waals surface area contributed by atoms with E-state index in [2.05, 4.69) is 4.99 Å². The summed E-state index contributed by atoms with van der Waals surface area (Å²) in [6.07, 6.45) is 1.76. The highest BCUT2D eigenvalue weighted by Crippen LogP contribution is 2.12. The monoisotopic (exact) mass is 233 g/mol. The Morgan fingerprint density at radius 2 is 2.12 bits per heavy atom. The van der Waals surface area contributed by atoms with Crippen molar-refractivity contribution in [1.29, 1.82) is 0 Å². The Balaban J connectivity index is 1.89. The minimum Gasteiger partial charge on any atom is -0.463 e. The molecule has 4 N–H and O–H groups in total. The first-order valence-electron chi connectivity index (χ1n) is 5.50. The predicted octanol–water partition coefficient (Wildman–Crippen LogP) is 0.432. The number of amidine groups is 1. The molecule has 0 aliphatic carbocycles. The van der Waals surface area contributed by atoms with Crippen molar-refractivity contribution in [3.8, 4) is 0 Å². The number of rotatable bonds is 4.